The van der Waals surface area contributed by atoms with E-state index in [2.05, 4.69) is 0 Å². The summed E-state index contributed by atoms with van der Waals surface area (Å²) < 4.78 is 20.6. The van der Waals surface area contributed by atoms with Crippen molar-refractivity contribution in [2.24, 2.45) is 0 Å². The maximum atomic E-state index is 11.2. The van der Waals surface area contributed by atoms with E-state index in [0.29, 0.717) is 5.56 Å². The fourth-order valence-corrected chi connectivity index (χ4v) is 1.31. The Labute approximate surface area is 84.8 Å². The molecular weight excluding hydrogens is 202 g/mol. The topological polar surface area (TPSA) is 66.4 Å². The summed E-state index contributed by atoms with van der Waals surface area (Å²) in [5.41, 5.74) is 1.50. The van der Waals surface area contributed by atoms with Gasteiger partial charge < -0.3 is 0 Å². The minimum atomic E-state index is -2.30. The molecule has 1 aromatic carbocycles. The summed E-state index contributed by atoms with van der Waals surface area (Å²) in [6.07, 6.45) is 0.897. The van der Waals surface area contributed by atoms with E-state index >= 15 is 0 Å². The molecule has 0 saturated heterocycles. The molecular formula is C9H11NO3S. The van der Waals surface area contributed by atoms with E-state index in [1.807, 2.05) is 23.8 Å². The van der Waals surface area contributed by atoms with Crippen molar-refractivity contribution in [1.82, 2.24) is 4.72 Å². The second kappa shape index (κ2) is 4.88. The van der Waals surface area contributed by atoms with E-state index in [0.717, 1.165) is 12.0 Å². The Balaban J connectivity index is 2.76. The molecule has 0 aromatic heterocycles. The molecule has 1 rings (SSSR count). The van der Waals surface area contributed by atoms with Gasteiger partial charge in [0.05, 0.1) is 0 Å². The van der Waals surface area contributed by atoms with Gasteiger partial charge in [-0.25, -0.2) is 8.93 Å². The van der Waals surface area contributed by atoms with Crippen LogP contribution in [0.5, 0.6) is 0 Å². The standard InChI is InChI=1S/C9H11NO3S/c1-2-7-3-5-8(6-4-7)9(11)10-14(12)13/h3-6H,2H2,1H3,(H,10,11)(H,12,13). The third-order valence-electron chi connectivity index (χ3n) is 1.80. The van der Waals surface area contributed by atoms with Gasteiger partial charge in [0.15, 0.2) is 0 Å². The van der Waals surface area contributed by atoms with Crippen molar-refractivity contribution in [2.75, 3.05) is 0 Å². The average molecular weight is 213 g/mol. The molecule has 1 atom stereocenters. The van der Waals surface area contributed by atoms with Gasteiger partial charge in [-0.15, -0.1) is 0 Å². The molecule has 2 N–H and O–H groups in total. The lowest BCUT2D eigenvalue weighted by Crippen LogP contribution is -2.24. The number of aryl methyl sites for hydroxylation is 1. The van der Waals surface area contributed by atoms with Crippen LogP contribution in [0.3, 0.4) is 0 Å². The lowest BCUT2D eigenvalue weighted by Gasteiger charge is -2.01. The number of carbonyl (C=O) groups is 1. The van der Waals surface area contributed by atoms with Crippen LogP contribution in [0.15, 0.2) is 24.3 Å². The van der Waals surface area contributed by atoms with E-state index in [9.17, 15) is 9.00 Å². The zero-order chi connectivity index (χ0) is 10.6. The Morgan fingerprint density at radius 2 is 2.00 bits per heavy atom. The van der Waals surface area contributed by atoms with Gasteiger partial charge in [-0.3, -0.25) is 9.35 Å². The van der Waals surface area contributed by atoms with Gasteiger partial charge in [0, 0.05) is 5.56 Å². The second-order valence-corrected chi connectivity index (χ2v) is 3.43. The van der Waals surface area contributed by atoms with Crippen LogP contribution in [-0.2, 0) is 17.7 Å². The highest BCUT2D eigenvalue weighted by atomic mass is 32.2. The van der Waals surface area contributed by atoms with Gasteiger partial charge in [-0.05, 0) is 24.1 Å². The number of nitrogens with one attached hydrogen (secondary N) is 1. The largest absolute Gasteiger partial charge is 0.289 e. The van der Waals surface area contributed by atoms with Crippen molar-refractivity contribution in [3.05, 3.63) is 35.4 Å². The molecule has 0 aliphatic rings. The SMILES string of the molecule is CCc1ccc(C(=O)NS(=O)O)cc1. The summed E-state index contributed by atoms with van der Waals surface area (Å²) in [7, 11) is 0. The van der Waals surface area contributed by atoms with E-state index in [1.165, 1.54) is 0 Å². The third-order valence-corrected chi connectivity index (χ3v) is 2.16. The molecule has 0 aliphatic carbocycles. The lowest BCUT2D eigenvalue weighted by atomic mass is 10.1. The predicted octanol–water partition coefficient (Wildman–Crippen LogP) is 1.12. The Morgan fingerprint density at radius 1 is 1.43 bits per heavy atom. The zero-order valence-corrected chi connectivity index (χ0v) is 8.50. The quantitative estimate of drug-likeness (QED) is 0.739. The van der Waals surface area contributed by atoms with E-state index in [-0.39, 0.29) is 0 Å². The molecule has 76 valence electrons. The first-order chi connectivity index (χ1) is 6.63. The number of amides is 1. The van der Waals surface area contributed by atoms with Crippen molar-refractivity contribution in [3.63, 3.8) is 0 Å². The van der Waals surface area contributed by atoms with E-state index < -0.39 is 17.2 Å². The third kappa shape index (κ3) is 2.93. The number of hydrogen-bond donors (Lipinski definition) is 2. The Kier molecular flexibility index (Phi) is 3.79. The van der Waals surface area contributed by atoms with Crippen LogP contribution in [0.2, 0.25) is 0 Å². The van der Waals surface area contributed by atoms with Crippen LogP contribution >= 0.6 is 0 Å². The molecule has 1 aromatic rings. The molecule has 4 nitrogen and oxygen atoms in total. The van der Waals surface area contributed by atoms with Crippen LogP contribution in [-0.4, -0.2) is 14.7 Å². The van der Waals surface area contributed by atoms with E-state index in [4.69, 9.17) is 4.55 Å². The maximum absolute atomic E-state index is 11.2. The van der Waals surface area contributed by atoms with Crippen molar-refractivity contribution in [1.29, 1.82) is 0 Å². The van der Waals surface area contributed by atoms with Gasteiger partial charge in [-0.2, -0.15) is 0 Å². The van der Waals surface area contributed by atoms with Crippen LogP contribution in [0.25, 0.3) is 0 Å². The number of rotatable bonds is 3. The summed E-state index contributed by atoms with van der Waals surface area (Å²) in [6.45, 7) is 2.01. The zero-order valence-electron chi connectivity index (χ0n) is 7.69. The smallest absolute Gasteiger partial charge is 0.264 e. The molecule has 0 aliphatic heterocycles. The summed E-state index contributed by atoms with van der Waals surface area (Å²) in [4.78, 5) is 11.2. The van der Waals surface area contributed by atoms with Gasteiger partial charge in [0.25, 0.3) is 17.2 Å². The first-order valence-electron chi connectivity index (χ1n) is 4.14. The molecule has 14 heavy (non-hydrogen) atoms. The molecule has 0 fully saturated rings. The normalized spacial score (nSPS) is 12.1. The summed E-state index contributed by atoms with van der Waals surface area (Å²) in [5.74, 6) is -0.548. The Hall–Kier alpha value is -1.20. The first-order valence-corrected chi connectivity index (χ1v) is 5.25. The van der Waals surface area contributed by atoms with Gasteiger partial charge in [-0.1, -0.05) is 19.1 Å². The van der Waals surface area contributed by atoms with Crippen LogP contribution in [0.4, 0.5) is 0 Å². The summed E-state index contributed by atoms with van der Waals surface area (Å²) >= 11 is -2.30. The first kappa shape index (κ1) is 10.9. The Morgan fingerprint density at radius 3 is 2.43 bits per heavy atom. The van der Waals surface area contributed by atoms with Crippen molar-refractivity contribution >= 4 is 17.2 Å². The highest BCUT2D eigenvalue weighted by Gasteiger charge is 2.06. The molecule has 0 saturated carbocycles. The lowest BCUT2D eigenvalue weighted by molar-refractivity contribution is 0.0981. The second-order valence-electron chi connectivity index (χ2n) is 2.73. The van der Waals surface area contributed by atoms with Gasteiger partial charge in [0.2, 0.25) is 0 Å². The van der Waals surface area contributed by atoms with Crippen LogP contribution in [0, 0.1) is 0 Å². The van der Waals surface area contributed by atoms with Crippen LogP contribution < -0.4 is 4.72 Å². The molecule has 5 heteroatoms. The molecule has 1 amide bonds. The maximum Gasteiger partial charge on any atom is 0.264 e. The highest BCUT2D eigenvalue weighted by molar-refractivity contribution is 7.77. The predicted molar refractivity (Wildman–Crippen MR) is 54.1 cm³/mol. The average Bonchev–Trinajstić information content (AvgIpc) is 2.17. The van der Waals surface area contributed by atoms with Crippen LogP contribution in [0.1, 0.15) is 22.8 Å². The van der Waals surface area contributed by atoms with Crippen molar-refractivity contribution < 1.29 is 13.6 Å². The molecule has 0 radical (unpaired) electrons. The molecule has 0 bridgehead atoms. The molecule has 0 spiro atoms. The minimum absolute atomic E-state index is 0.379. The fraction of sp³-hybridized carbons (Fsp3) is 0.222. The number of hydrogen-bond acceptors (Lipinski definition) is 2. The molecule has 0 heterocycles. The minimum Gasteiger partial charge on any atom is -0.289 e. The van der Waals surface area contributed by atoms with Gasteiger partial charge >= 0.3 is 0 Å². The van der Waals surface area contributed by atoms with Crippen molar-refractivity contribution in [3.8, 4) is 0 Å². The van der Waals surface area contributed by atoms with Gasteiger partial charge in [0.1, 0.15) is 0 Å². The number of benzene rings is 1. The summed E-state index contributed by atoms with van der Waals surface area (Å²) in [6, 6.07) is 6.88. The number of carbonyl (C=O) groups excluding carboxylic acids is 1. The van der Waals surface area contributed by atoms with E-state index in [1.54, 1.807) is 12.1 Å². The summed E-state index contributed by atoms with van der Waals surface area (Å²) in [5, 5.41) is 0. The fourth-order valence-electron chi connectivity index (χ4n) is 1.03. The van der Waals surface area contributed by atoms with Crippen molar-refractivity contribution in [2.45, 2.75) is 13.3 Å². The molecule has 1 unspecified atom stereocenters. The Bertz CT molecular complexity index is 348. The monoisotopic (exact) mass is 213 g/mol. The highest BCUT2D eigenvalue weighted by Crippen LogP contribution is 2.04.